The highest BCUT2D eigenvalue weighted by molar-refractivity contribution is 5.95. The Balaban J connectivity index is 1.68. The van der Waals surface area contributed by atoms with Crippen LogP contribution in [0.1, 0.15) is 27.9 Å². The summed E-state index contributed by atoms with van der Waals surface area (Å²) in [6.07, 6.45) is 0.883. The summed E-state index contributed by atoms with van der Waals surface area (Å²) in [5.74, 6) is 1.46. The number of aryl methyl sites for hydroxylation is 1. The van der Waals surface area contributed by atoms with Crippen LogP contribution in [0.4, 0.5) is 0 Å². The second-order valence-corrected chi connectivity index (χ2v) is 5.33. The minimum atomic E-state index is -0.0646. The Morgan fingerprint density at radius 1 is 1.09 bits per heavy atom. The molecule has 0 radical (unpaired) electrons. The lowest BCUT2D eigenvalue weighted by atomic mass is 10.1. The number of carbonyl (C=O) groups excluding carboxylic acids is 1. The van der Waals surface area contributed by atoms with Gasteiger partial charge in [-0.25, -0.2) is 0 Å². The van der Waals surface area contributed by atoms with Gasteiger partial charge in [0.1, 0.15) is 0 Å². The standard InChI is InChI=1S/C18H19NO3/c1-13-5-2-3-6-15(13)18(20)19-12-14-7-8-16-17(11-14)22-10-4-9-21-16/h2-3,5-8,11H,4,9-10,12H2,1H3,(H,19,20). The van der Waals surface area contributed by atoms with Gasteiger partial charge >= 0.3 is 0 Å². The van der Waals surface area contributed by atoms with Crippen molar-refractivity contribution in [2.24, 2.45) is 0 Å². The maximum Gasteiger partial charge on any atom is 0.251 e. The third-order valence-electron chi connectivity index (χ3n) is 3.65. The number of fused-ring (bicyclic) bond motifs is 1. The summed E-state index contributed by atoms with van der Waals surface area (Å²) < 4.78 is 11.3. The van der Waals surface area contributed by atoms with Crippen LogP contribution in [-0.4, -0.2) is 19.1 Å². The highest BCUT2D eigenvalue weighted by Gasteiger charge is 2.12. The van der Waals surface area contributed by atoms with E-state index in [0.717, 1.165) is 29.0 Å². The number of hydrogen-bond donors (Lipinski definition) is 1. The van der Waals surface area contributed by atoms with Gasteiger partial charge < -0.3 is 14.8 Å². The molecule has 0 aromatic heterocycles. The van der Waals surface area contributed by atoms with Gasteiger partial charge in [0.05, 0.1) is 13.2 Å². The monoisotopic (exact) mass is 297 g/mol. The zero-order valence-electron chi connectivity index (χ0n) is 12.6. The number of rotatable bonds is 3. The summed E-state index contributed by atoms with van der Waals surface area (Å²) in [5, 5.41) is 2.94. The largest absolute Gasteiger partial charge is 0.490 e. The second-order valence-electron chi connectivity index (χ2n) is 5.33. The van der Waals surface area contributed by atoms with E-state index in [1.54, 1.807) is 0 Å². The van der Waals surface area contributed by atoms with Crippen molar-refractivity contribution in [3.63, 3.8) is 0 Å². The number of amides is 1. The number of ether oxygens (including phenoxy) is 2. The van der Waals surface area contributed by atoms with Crippen molar-refractivity contribution in [2.75, 3.05) is 13.2 Å². The van der Waals surface area contributed by atoms with E-state index in [4.69, 9.17) is 9.47 Å². The van der Waals surface area contributed by atoms with E-state index in [0.29, 0.717) is 25.3 Å². The van der Waals surface area contributed by atoms with Gasteiger partial charge in [-0.2, -0.15) is 0 Å². The molecule has 0 bridgehead atoms. The topological polar surface area (TPSA) is 47.6 Å². The Morgan fingerprint density at radius 2 is 1.86 bits per heavy atom. The zero-order chi connectivity index (χ0) is 15.4. The summed E-state index contributed by atoms with van der Waals surface area (Å²) in [5.41, 5.74) is 2.67. The molecule has 0 saturated heterocycles. The molecule has 2 aromatic rings. The predicted molar refractivity (Wildman–Crippen MR) is 84.4 cm³/mol. The Hall–Kier alpha value is -2.49. The normalized spacial score (nSPS) is 13.3. The molecule has 1 N–H and O–H groups in total. The first-order valence-corrected chi connectivity index (χ1v) is 7.46. The van der Waals surface area contributed by atoms with E-state index in [9.17, 15) is 4.79 Å². The number of benzene rings is 2. The van der Waals surface area contributed by atoms with Crippen molar-refractivity contribution in [1.29, 1.82) is 0 Å². The molecule has 1 heterocycles. The van der Waals surface area contributed by atoms with E-state index in [1.807, 2.05) is 49.4 Å². The lowest BCUT2D eigenvalue weighted by Gasteiger charge is -2.11. The lowest BCUT2D eigenvalue weighted by Crippen LogP contribution is -2.23. The SMILES string of the molecule is Cc1ccccc1C(=O)NCc1ccc2c(c1)OCCCO2. The van der Waals surface area contributed by atoms with E-state index in [2.05, 4.69) is 5.32 Å². The molecule has 4 heteroatoms. The van der Waals surface area contributed by atoms with Crippen LogP contribution in [-0.2, 0) is 6.54 Å². The molecule has 3 rings (SSSR count). The fourth-order valence-electron chi connectivity index (χ4n) is 2.42. The van der Waals surface area contributed by atoms with Gasteiger partial charge in [-0.1, -0.05) is 24.3 Å². The minimum Gasteiger partial charge on any atom is -0.490 e. The maximum atomic E-state index is 12.2. The van der Waals surface area contributed by atoms with Gasteiger partial charge in [0, 0.05) is 18.5 Å². The Bertz CT molecular complexity index is 682. The van der Waals surface area contributed by atoms with Crippen molar-refractivity contribution >= 4 is 5.91 Å². The molecule has 0 unspecified atom stereocenters. The van der Waals surface area contributed by atoms with Crippen LogP contribution in [0.25, 0.3) is 0 Å². The van der Waals surface area contributed by atoms with Crippen LogP contribution in [0.15, 0.2) is 42.5 Å². The molecule has 1 amide bonds. The third-order valence-corrected chi connectivity index (χ3v) is 3.65. The molecule has 0 spiro atoms. The average Bonchev–Trinajstić information content (AvgIpc) is 2.78. The van der Waals surface area contributed by atoms with Gasteiger partial charge in [0.2, 0.25) is 0 Å². The smallest absolute Gasteiger partial charge is 0.251 e. The Morgan fingerprint density at radius 3 is 2.68 bits per heavy atom. The summed E-state index contributed by atoms with van der Waals surface area (Å²) in [4.78, 5) is 12.2. The average molecular weight is 297 g/mol. The molecule has 1 aliphatic heterocycles. The van der Waals surface area contributed by atoms with Gasteiger partial charge in [-0.05, 0) is 36.2 Å². The summed E-state index contributed by atoms with van der Waals surface area (Å²) in [6.45, 7) is 3.73. The van der Waals surface area contributed by atoms with Gasteiger partial charge in [0.25, 0.3) is 5.91 Å². The lowest BCUT2D eigenvalue weighted by molar-refractivity contribution is 0.0950. The van der Waals surface area contributed by atoms with E-state index in [-0.39, 0.29) is 5.91 Å². The van der Waals surface area contributed by atoms with Gasteiger partial charge in [-0.3, -0.25) is 4.79 Å². The van der Waals surface area contributed by atoms with E-state index < -0.39 is 0 Å². The fraction of sp³-hybridized carbons (Fsp3) is 0.278. The molecule has 22 heavy (non-hydrogen) atoms. The molecule has 4 nitrogen and oxygen atoms in total. The van der Waals surface area contributed by atoms with Gasteiger partial charge in [0.15, 0.2) is 11.5 Å². The number of nitrogens with one attached hydrogen (secondary N) is 1. The molecule has 0 atom stereocenters. The highest BCUT2D eigenvalue weighted by Crippen LogP contribution is 2.30. The first kappa shape index (κ1) is 14.4. The molecule has 1 aliphatic rings. The summed E-state index contributed by atoms with van der Waals surface area (Å²) in [6, 6.07) is 13.3. The zero-order valence-corrected chi connectivity index (χ0v) is 12.6. The molecule has 114 valence electrons. The Labute approximate surface area is 130 Å². The van der Waals surface area contributed by atoms with Crippen LogP contribution >= 0.6 is 0 Å². The molecule has 0 aliphatic carbocycles. The van der Waals surface area contributed by atoms with Crippen molar-refractivity contribution in [3.05, 3.63) is 59.2 Å². The quantitative estimate of drug-likeness (QED) is 0.947. The highest BCUT2D eigenvalue weighted by atomic mass is 16.5. The van der Waals surface area contributed by atoms with Crippen molar-refractivity contribution < 1.29 is 14.3 Å². The molecule has 2 aromatic carbocycles. The molecular weight excluding hydrogens is 278 g/mol. The van der Waals surface area contributed by atoms with Crippen LogP contribution in [0, 0.1) is 6.92 Å². The van der Waals surface area contributed by atoms with Crippen molar-refractivity contribution in [1.82, 2.24) is 5.32 Å². The maximum absolute atomic E-state index is 12.2. The van der Waals surface area contributed by atoms with Crippen LogP contribution in [0.2, 0.25) is 0 Å². The Kier molecular flexibility index (Phi) is 4.28. The minimum absolute atomic E-state index is 0.0646. The van der Waals surface area contributed by atoms with Crippen molar-refractivity contribution in [2.45, 2.75) is 19.9 Å². The fourth-order valence-corrected chi connectivity index (χ4v) is 2.42. The van der Waals surface area contributed by atoms with Crippen molar-refractivity contribution in [3.8, 4) is 11.5 Å². The third kappa shape index (κ3) is 3.22. The first-order chi connectivity index (χ1) is 10.7. The molecule has 0 saturated carbocycles. The predicted octanol–water partition coefficient (Wildman–Crippen LogP) is 3.09. The van der Waals surface area contributed by atoms with Crippen LogP contribution in [0.5, 0.6) is 11.5 Å². The van der Waals surface area contributed by atoms with Crippen LogP contribution in [0.3, 0.4) is 0 Å². The van der Waals surface area contributed by atoms with Crippen LogP contribution < -0.4 is 14.8 Å². The van der Waals surface area contributed by atoms with E-state index >= 15 is 0 Å². The van der Waals surface area contributed by atoms with Gasteiger partial charge in [-0.15, -0.1) is 0 Å². The summed E-state index contributed by atoms with van der Waals surface area (Å²) in [7, 11) is 0. The number of hydrogen-bond acceptors (Lipinski definition) is 3. The molecular formula is C18H19NO3. The number of carbonyl (C=O) groups is 1. The van der Waals surface area contributed by atoms with E-state index in [1.165, 1.54) is 0 Å². The second kappa shape index (κ2) is 6.52. The summed E-state index contributed by atoms with van der Waals surface area (Å²) >= 11 is 0. The molecule has 0 fully saturated rings. The first-order valence-electron chi connectivity index (χ1n) is 7.46.